The molecular weight excluding hydrogens is 233 g/mol. The summed E-state index contributed by atoms with van der Waals surface area (Å²) < 4.78 is 5.29. The molecule has 1 saturated carbocycles. The molecule has 0 aromatic heterocycles. The molecule has 0 aromatic carbocycles. The Kier molecular flexibility index (Phi) is 3.14. The Hall–Kier alpha value is -0.745. The SMILES string of the molecule is CC(C)(C)OC(=O)N1CC(C2(C)CC2B(O)O)C1. The fourth-order valence-corrected chi connectivity index (χ4v) is 2.70. The molecule has 0 bridgehead atoms. The second kappa shape index (κ2) is 4.13. The first-order valence-corrected chi connectivity index (χ1v) is 6.47. The molecule has 1 amide bonds. The van der Waals surface area contributed by atoms with E-state index in [1.54, 1.807) is 4.90 Å². The zero-order valence-corrected chi connectivity index (χ0v) is 11.5. The Labute approximate surface area is 108 Å². The topological polar surface area (TPSA) is 70.0 Å². The first-order valence-electron chi connectivity index (χ1n) is 6.47. The van der Waals surface area contributed by atoms with Crippen LogP contribution in [-0.2, 0) is 4.74 Å². The molecule has 1 heterocycles. The lowest BCUT2D eigenvalue weighted by Gasteiger charge is -2.43. The van der Waals surface area contributed by atoms with Crippen molar-refractivity contribution in [3.63, 3.8) is 0 Å². The predicted molar refractivity (Wildman–Crippen MR) is 68.0 cm³/mol. The fourth-order valence-electron chi connectivity index (χ4n) is 2.70. The first kappa shape index (κ1) is 13.7. The molecule has 0 spiro atoms. The zero-order valence-electron chi connectivity index (χ0n) is 11.5. The zero-order chi connectivity index (χ0) is 13.7. The van der Waals surface area contributed by atoms with Crippen molar-refractivity contribution in [1.82, 2.24) is 4.90 Å². The van der Waals surface area contributed by atoms with Crippen LogP contribution >= 0.6 is 0 Å². The lowest BCUT2D eigenvalue weighted by Crippen LogP contribution is -2.54. The normalized spacial score (nSPS) is 31.9. The Balaban J connectivity index is 1.80. The Morgan fingerprint density at radius 1 is 1.39 bits per heavy atom. The van der Waals surface area contributed by atoms with E-state index in [9.17, 15) is 14.8 Å². The predicted octanol–water partition coefficient (Wildman–Crippen LogP) is 1.11. The Morgan fingerprint density at radius 2 is 1.94 bits per heavy atom. The summed E-state index contributed by atoms with van der Waals surface area (Å²) in [6, 6.07) is 0. The van der Waals surface area contributed by atoms with Gasteiger partial charge in [0.1, 0.15) is 5.60 Å². The number of amides is 1. The van der Waals surface area contributed by atoms with E-state index < -0.39 is 12.7 Å². The number of hydrogen-bond acceptors (Lipinski definition) is 4. The van der Waals surface area contributed by atoms with Gasteiger partial charge in [0.15, 0.2) is 0 Å². The van der Waals surface area contributed by atoms with E-state index in [1.165, 1.54) is 0 Å². The van der Waals surface area contributed by atoms with E-state index in [-0.39, 0.29) is 17.3 Å². The summed E-state index contributed by atoms with van der Waals surface area (Å²) in [6.07, 6.45) is 0.557. The smallest absolute Gasteiger partial charge is 0.444 e. The van der Waals surface area contributed by atoms with E-state index in [2.05, 4.69) is 6.92 Å². The van der Waals surface area contributed by atoms with Gasteiger partial charge >= 0.3 is 13.2 Å². The van der Waals surface area contributed by atoms with E-state index in [1.807, 2.05) is 20.8 Å². The highest BCUT2D eigenvalue weighted by atomic mass is 16.6. The second-order valence-corrected chi connectivity index (χ2v) is 6.81. The van der Waals surface area contributed by atoms with Gasteiger partial charge in [0.2, 0.25) is 0 Å². The van der Waals surface area contributed by atoms with Crippen LogP contribution in [0.1, 0.15) is 34.1 Å². The molecule has 0 radical (unpaired) electrons. The molecule has 1 aliphatic carbocycles. The maximum Gasteiger partial charge on any atom is 0.455 e. The summed E-state index contributed by atoms with van der Waals surface area (Å²) in [5.41, 5.74) is -0.484. The van der Waals surface area contributed by atoms with Gasteiger partial charge in [-0.05, 0) is 44.3 Å². The highest BCUT2D eigenvalue weighted by molar-refractivity contribution is 6.44. The van der Waals surface area contributed by atoms with E-state index in [4.69, 9.17) is 4.74 Å². The third kappa shape index (κ3) is 2.49. The van der Waals surface area contributed by atoms with Crippen molar-refractivity contribution in [2.75, 3.05) is 13.1 Å². The Bertz CT molecular complexity index is 348. The van der Waals surface area contributed by atoms with Gasteiger partial charge in [0, 0.05) is 13.1 Å². The molecule has 1 aliphatic heterocycles. The first-order chi connectivity index (χ1) is 8.13. The number of nitrogens with zero attached hydrogens (tertiary/aromatic N) is 1. The number of likely N-dealkylation sites (tertiary alicyclic amines) is 1. The number of hydrogen-bond donors (Lipinski definition) is 2. The standard InChI is InChI=1S/C12H22BNO4/c1-11(2,3)18-10(15)14-6-8(7-14)12(4)5-9(12)13(16)17/h8-9,16-17H,5-7H2,1-4H3. The largest absolute Gasteiger partial charge is 0.455 e. The van der Waals surface area contributed by atoms with E-state index >= 15 is 0 Å². The molecule has 2 rings (SSSR count). The van der Waals surface area contributed by atoms with Gasteiger partial charge < -0.3 is 19.7 Å². The molecule has 2 N–H and O–H groups in total. The van der Waals surface area contributed by atoms with Crippen LogP contribution in [0.2, 0.25) is 5.82 Å². The van der Waals surface area contributed by atoms with Crippen LogP contribution in [0.3, 0.4) is 0 Å². The van der Waals surface area contributed by atoms with Crippen molar-refractivity contribution in [2.45, 2.75) is 45.5 Å². The monoisotopic (exact) mass is 255 g/mol. The van der Waals surface area contributed by atoms with Crippen LogP contribution in [0, 0.1) is 11.3 Å². The van der Waals surface area contributed by atoms with Crippen LogP contribution in [0.4, 0.5) is 4.79 Å². The Morgan fingerprint density at radius 3 is 2.33 bits per heavy atom. The molecule has 18 heavy (non-hydrogen) atoms. The van der Waals surface area contributed by atoms with Gasteiger partial charge in [-0.2, -0.15) is 0 Å². The van der Waals surface area contributed by atoms with Crippen LogP contribution in [-0.4, -0.2) is 46.9 Å². The lowest BCUT2D eigenvalue weighted by molar-refractivity contribution is -0.0124. The van der Waals surface area contributed by atoms with Gasteiger partial charge in [0.25, 0.3) is 0 Å². The summed E-state index contributed by atoms with van der Waals surface area (Å²) in [6.45, 7) is 8.94. The van der Waals surface area contributed by atoms with Gasteiger partial charge in [-0.25, -0.2) is 4.79 Å². The molecule has 102 valence electrons. The maximum absolute atomic E-state index is 11.8. The van der Waals surface area contributed by atoms with E-state index in [0.717, 1.165) is 6.42 Å². The molecular formula is C12H22BNO4. The average Bonchev–Trinajstić information content (AvgIpc) is 2.71. The maximum atomic E-state index is 11.8. The van der Waals surface area contributed by atoms with Gasteiger partial charge in [-0.15, -0.1) is 0 Å². The number of rotatable bonds is 2. The molecule has 6 heteroatoms. The summed E-state index contributed by atoms with van der Waals surface area (Å²) in [7, 11) is -1.23. The van der Waals surface area contributed by atoms with Gasteiger partial charge in [0.05, 0.1) is 0 Å². The summed E-state index contributed by atoms with van der Waals surface area (Å²) in [5.74, 6) is 0.320. The fraction of sp³-hybridized carbons (Fsp3) is 0.917. The van der Waals surface area contributed by atoms with Crippen LogP contribution in [0.25, 0.3) is 0 Å². The summed E-state index contributed by atoms with van der Waals surface area (Å²) >= 11 is 0. The second-order valence-electron chi connectivity index (χ2n) is 6.81. The van der Waals surface area contributed by atoms with Crippen LogP contribution in [0.15, 0.2) is 0 Å². The lowest BCUT2D eigenvalue weighted by atomic mass is 9.72. The summed E-state index contributed by atoms with van der Waals surface area (Å²) in [4.78, 5) is 13.4. The van der Waals surface area contributed by atoms with Gasteiger partial charge in [-0.3, -0.25) is 0 Å². The third-order valence-corrected chi connectivity index (χ3v) is 4.17. The molecule has 2 atom stereocenters. The van der Waals surface area contributed by atoms with Crippen LogP contribution < -0.4 is 0 Å². The highest BCUT2D eigenvalue weighted by Gasteiger charge is 2.62. The minimum absolute atomic E-state index is 0.0212. The van der Waals surface area contributed by atoms with Crippen molar-refractivity contribution < 1.29 is 19.6 Å². The number of carbonyl (C=O) groups excluding carboxylic acids is 1. The van der Waals surface area contributed by atoms with Crippen molar-refractivity contribution in [1.29, 1.82) is 0 Å². The van der Waals surface area contributed by atoms with Crippen molar-refractivity contribution in [3.8, 4) is 0 Å². The van der Waals surface area contributed by atoms with Crippen LogP contribution in [0.5, 0.6) is 0 Å². The molecule has 2 unspecified atom stereocenters. The van der Waals surface area contributed by atoms with Crippen molar-refractivity contribution in [3.05, 3.63) is 0 Å². The molecule has 5 nitrogen and oxygen atoms in total. The van der Waals surface area contributed by atoms with Gasteiger partial charge in [-0.1, -0.05) is 6.92 Å². The molecule has 2 aliphatic rings. The minimum Gasteiger partial charge on any atom is -0.444 e. The molecule has 1 saturated heterocycles. The summed E-state index contributed by atoms with van der Waals surface area (Å²) in [5, 5.41) is 18.3. The van der Waals surface area contributed by atoms with Crippen molar-refractivity contribution >= 4 is 13.2 Å². The number of ether oxygens (including phenoxy) is 1. The molecule has 0 aromatic rings. The third-order valence-electron chi connectivity index (χ3n) is 4.17. The van der Waals surface area contributed by atoms with Crippen molar-refractivity contribution in [2.24, 2.45) is 11.3 Å². The average molecular weight is 255 g/mol. The van der Waals surface area contributed by atoms with E-state index in [0.29, 0.717) is 19.0 Å². The minimum atomic E-state index is -1.23. The molecule has 2 fully saturated rings. The quantitative estimate of drug-likeness (QED) is 0.725. The highest BCUT2D eigenvalue weighted by Crippen LogP contribution is 2.64. The number of carbonyl (C=O) groups is 1.